The maximum Gasteiger partial charge on any atom is 0.338 e. The third-order valence-electron chi connectivity index (χ3n) is 24.8. The first-order valence-corrected chi connectivity index (χ1v) is 41.4. The molecule has 8 aromatic carbocycles. The van der Waals surface area contributed by atoms with E-state index in [1.54, 1.807) is 121 Å². The zero-order valence-electron chi connectivity index (χ0n) is 67.8. The van der Waals surface area contributed by atoms with Gasteiger partial charge in [-0.2, -0.15) is 0 Å². The molecule has 0 heterocycles. The Morgan fingerprint density at radius 1 is 0.293 bits per heavy atom. The van der Waals surface area contributed by atoms with Crippen LogP contribution in [0.15, 0.2) is 146 Å². The van der Waals surface area contributed by atoms with Gasteiger partial charge in [-0.15, -0.1) is 0 Å². The van der Waals surface area contributed by atoms with Crippen molar-refractivity contribution in [1.82, 2.24) is 0 Å². The maximum absolute atomic E-state index is 14.1. The molecule has 20 nitrogen and oxygen atoms in total. The Morgan fingerprint density at radius 3 is 0.733 bits per heavy atom. The number of esters is 4. The zero-order chi connectivity index (χ0) is 81.7. The lowest BCUT2D eigenvalue weighted by Gasteiger charge is -2.33. The summed E-state index contributed by atoms with van der Waals surface area (Å²) in [6.07, 6.45) is 20.5. The highest BCUT2D eigenvalue weighted by Gasteiger charge is 2.38. The van der Waals surface area contributed by atoms with Crippen LogP contribution in [0, 0.1) is 0 Å². The number of aliphatic hydroxyl groups is 2. The van der Waals surface area contributed by atoms with E-state index in [1.807, 2.05) is 0 Å². The van der Waals surface area contributed by atoms with Crippen molar-refractivity contribution in [3.8, 4) is 34.5 Å². The summed E-state index contributed by atoms with van der Waals surface area (Å²) in [7, 11) is 2.90. The average Bonchev–Trinajstić information content (AvgIpc) is 0.735. The second-order valence-corrected chi connectivity index (χ2v) is 33.0. The second kappa shape index (κ2) is 37.6. The van der Waals surface area contributed by atoms with E-state index in [-0.39, 0.29) is 165 Å². The number of methoxy groups -OCH3 is 2. The largest absolute Gasteiger partial charge is 0.508 e. The van der Waals surface area contributed by atoms with Gasteiger partial charge in [0, 0.05) is 69.2 Å². The number of benzene rings is 8. The van der Waals surface area contributed by atoms with Crippen LogP contribution < -0.4 is 9.47 Å². The highest BCUT2D eigenvalue weighted by atomic mass is 16.6. The molecular formula is C96H112O20. The van der Waals surface area contributed by atoms with Crippen molar-refractivity contribution in [3.05, 3.63) is 246 Å². The van der Waals surface area contributed by atoms with Gasteiger partial charge in [0.2, 0.25) is 0 Å². The van der Waals surface area contributed by atoms with E-state index in [1.165, 1.54) is 38.5 Å². The lowest BCUT2D eigenvalue weighted by atomic mass is 9.74. The van der Waals surface area contributed by atoms with E-state index < -0.39 is 60.8 Å². The molecule has 4 unspecified atom stereocenters. The summed E-state index contributed by atoms with van der Waals surface area (Å²) in [5, 5.41) is 75.8. The van der Waals surface area contributed by atoms with Gasteiger partial charge in [-0.25, -0.2) is 19.2 Å². The standard InChI is InChI=1S/C96H112O20/c1-93(35-11-7-12-36-93)113-47-43-109-89(103)65-27-19-61(20-28-65)85-72-54-74(80(100)52-70(72)60-98)87(63-23-31-67(32-24-63)91(105)111-45-49-115-95(3)39-15-9-16-40-95)78-56-76(82(102)58-84(78)108-6)88(64-25-33-68(34-26-64)92(106)112-46-50-116-96(4)41-17-10-18-42-96)77-55-75(81(101)57-83(77)107-5)86(71-53-73(85)79(99)51-69(71)59-97)62-21-29-66(30-22-62)90(104)110-44-48-114-94(2)37-13-8-14-38-94/h19-34,51-58,85-88,97-102H,7-18,35-50,59-60H2,1-6H3. The second-order valence-electron chi connectivity index (χ2n) is 33.0. The van der Waals surface area contributed by atoms with Gasteiger partial charge in [0.05, 0.1) is 98.5 Å². The van der Waals surface area contributed by atoms with Gasteiger partial charge in [-0.05, 0) is 208 Å². The molecule has 0 spiro atoms. The van der Waals surface area contributed by atoms with Crippen molar-refractivity contribution in [2.75, 3.05) is 67.1 Å². The fourth-order valence-electron chi connectivity index (χ4n) is 18.2. The summed E-state index contributed by atoms with van der Waals surface area (Å²) >= 11 is 0. The summed E-state index contributed by atoms with van der Waals surface area (Å²) in [4.78, 5) is 56.3. The van der Waals surface area contributed by atoms with Crippen LogP contribution >= 0.6 is 0 Å². The molecule has 13 rings (SSSR count). The monoisotopic (exact) mass is 1580 g/mol. The van der Waals surface area contributed by atoms with Crippen LogP contribution in [0.25, 0.3) is 0 Å². The van der Waals surface area contributed by atoms with Gasteiger partial charge in [-0.1, -0.05) is 126 Å². The quantitative estimate of drug-likeness (QED) is 0.0151. The van der Waals surface area contributed by atoms with Crippen LogP contribution in [0.4, 0.5) is 0 Å². The SMILES string of the molecule is COc1cc(O)c2cc1C(c1ccc(C(=O)OCCOC3(C)CCCCC3)cc1)c1cc(c(OC)cc1O)C(c1ccc(C(=O)OCCOC3(C)CCCCC3)cc1)c1cc(c(CO)cc1O)C(c1ccc(C(=O)OCCOC3(C)CCCCC3)cc1)c1cc(c(CO)cc1O)C2c1ccc(C(=O)OCCOC2(C)CCCCC2)cc1. The summed E-state index contributed by atoms with van der Waals surface area (Å²) in [5.41, 5.74) is 4.47. The van der Waals surface area contributed by atoms with Crippen LogP contribution in [0.2, 0.25) is 0 Å². The first kappa shape index (κ1) is 84.1. The van der Waals surface area contributed by atoms with Crippen molar-refractivity contribution in [1.29, 1.82) is 0 Å². The molecule has 6 N–H and O–H groups in total. The molecule has 116 heavy (non-hydrogen) atoms. The number of aromatic hydroxyl groups is 4. The number of aliphatic hydroxyl groups excluding tert-OH is 2. The molecule has 0 saturated heterocycles. The highest BCUT2D eigenvalue weighted by Crippen LogP contribution is 2.54. The lowest BCUT2D eigenvalue weighted by molar-refractivity contribution is -0.0703. The Bertz CT molecular complexity index is 4120. The number of rotatable bonds is 28. The molecule has 0 amide bonds. The number of hydrogen-bond donors (Lipinski definition) is 6. The number of hydrogen-bond acceptors (Lipinski definition) is 20. The number of phenolic OH excluding ortho intramolecular Hbond substituents is 4. The van der Waals surface area contributed by atoms with Gasteiger partial charge in [0.1, 0.15) is 60.9 Å². The molecule has 4 atom stereocenters. The summed E-state index contributed by atoms with van der Waals surface area (Å²) < 4.78 is 61.1. The molecule has 0 aliphatic heterocycles. The Morgan fingerprint density at radius 2 is 0.509 bits per heavy atom. The molecule has 616 valence electrons. The van der Waals surface area contributed by atoms with E-state index in [9.17, 15) is 49.8 Å². The van der Waals surface area contributed by atoms with Crippen LogP contribution in [0.3, 0.4) is 0 Å². The van der Waals surface area contributed by atoms with E-state index >= 15 is 0 Å². The van der Waals surface area contributed by atoms with Crippen molar-refractivity contribution in [3.63, 3.8) is 0 Å². The van der Waals surface area contributed by atoms with Gasteiger partial charge >= 0.3 is 23.9 Å². The Labute approximate surface area is 680 Å². The van der Waals surface area contributed by atoms with Crippen molar-refractivity contribution < 1.29 is 97.2 Å². The number of fused-ring (bicyclic) bond motifs is 8. The lowest BCUT2D eigenvalue weighted by Crippen LogP contribution is -2.32. The molecular weight excluding hydrogens is 1470 g/mol. The first-order valence-electron chi connectivity index (χ1n) is 41.4. The topological polar surface area (TPSA) is 282 Å². The molecule has 8 bridgehead atoms. The molecule has 0 aromatic heterocycles. The Kier molecular flexibility index (Phi) is 27.3. The Hall–Kier alpha value is -9.80. The predicted octanol–water partition coefficient (Wildman–Crippen LogP) is 18.1. The first-order chi connectivity index (χ1) is 56.0. The fraction of sp³-hybridized carbons (Fsp3) is 0.458. The van der Waals surface area contributed by atoms with Gasteiger partial charge < -0.3 is 78.0 Å². The third kappa shape index (κ3) is 19.6. The minimum Gasteiger partial charge on any atom is -0.508 e. The molecule has 8 aromatic rings. The smallest absolute Gasteiger partial charge is 0.338 e. The van der Waals surface area contributed by atoms with Gasteiger partial charge in [0.15, 0.2) is 0 Å². The van der Waals surface area contributed by atoms with Crippen LogP contribution in [-0.4, -0.2) is 144 Å². The summed E-state index contributed by atoms with van der Waals surface area (Å²) in [6, 6.07) is 39.7. The average molecular weight is 1590 g/mol. The minimum atomic E-state index is -1.11. The van der Waals surface area contributed by atoms with E-state index in [0.29, 0.717) is 44.5 Å². The van der Waals surface area contributed by atoms with Gasteiger partial charge in [-0.3, -0.25) is 0 Å². The zero-order valence-corrected chi connectivity index (χ0v) is 67.8. The molecule has 4 saturated carbocycles. The molecule has 0 radical (unpaired) electrons. The van der Waals surface area contributed by atoms with Crippen molar-refractivity contribution in [2.45, 2.75) is 215 Å². The van der Waals surface area contributed by atoms with E-state index in [2.05, 4.69) is 27.7 Å². The summed E-state index contributed by atoms with van der Waals surface area (Å²) in [5.74, 6) is -7.62. The minimum absolute atomic E-state index is 0.00944. The maximum atomic E-state index is 14.1. The van der Waals surface area contributed by atoms with E-state index in [4.69, 9.17) is 47.4 Å². The van der Waals surface area contributed by atoms with Crippen LogP contribution in [0.5, 0.6) is 34.5 Å². The number of phenols is 4. The molecule has 4 fully saturated rings. The van der Waals surface area contributed by atoms with Gasteiger partial charge in [0.25, 0.3) is 0 Å². The molecule has 5 aliphatic rings. The fourth-order valence-corrected chi connectivity index (χ4v) is 18.2. The molecule has 5 aliphatic carbocycles. The highest BCUT2D eigenvalue weighted by molar-refractivity contribution is 5.91. The van der Waals surface area contributed by atoms with Crippen LogP contribution in [-0.2, 0) is 51.1 Å². The number of carbonyl (C=O) groups is 4. The number of ether oxygens (including phenoxy) is 10. The Balaban J connectivity index is 0.990. The van der Waals surface area contributed by atoms with Crippen molar-refractivity contribution >= 4 is 23.9 Å². The van der Waals surface area contributed by atoms with Crippen LogP contribution in [0.1, 0.15) is 299 Å². The predicted molar refractivity (Wildman–Crippen MR) is 438 cm³/mol. The molecule has 20 heteroatoms. The van der Waals surface area contributed by atoms with E-state index in [0.717, 1.165) is 128 Å². The number of carbonyl (C=O) groups excluding carboxylic acids is 4. The normalized spacial score (nSPS) is 19.4. The summed E-state index contributed by atoms with van der Waals surface area (Å²) in [6.45, 7) is 7.97. The van der Waals surface area contributed by atoms with Crippen molar-refractivity contribution in [2.24, 2.45) is 0 Å². The third-order valence-corrected chi connectivity index (χ3v) is 24.8.